The van der Waals surface area contributed by atoms with E-state index in [1.165, 1.54) is 62.5 Å². The highest BCUT2D eigenvalue weighted by atomic mass is 14.9. The lowest BCUT2D eigenvalue weighted by Crippen LogP contribution is -2.37. The smallest absolute Gasteiger partial charge is 0.0294 e. The van der Waals surface area contributed by atoms with Crippen LogP contribution in [-0.2, 0) is 0 Å². The Labute approximate surface area is 124 Å². The molecule has 2 fully saturated rings. The maximum atomic E-state index is 3.86. The van der Waals surface area contributed by atoms with Crippen molar-refractivity contribution < 1.29 is 0 Å². The summed E-state index contributed by atoms with van der Waals surface area (Å²) in [7, 11) is 0. The molecule has 0 bridgehead atoms. The van der Waals surface area contributed by atoms with Gasteiger partial charge in [-0.1, -0.05) is 42.7 Å². The molecule has 1 aromatic rings. The van der Waals surface area contributed by atoms with Crippen LogP contribution in [0.4, 0.5) is 0 Å². The third kappa shape index (κ3) is 3.09. The van der Waals surface area contributed by atoms with Crippen LogP contribution in [0.3, 0.4) is 0 Å². The molecule has 1 heteroatoms. The normalized spacial score (nSPS) is 24.1. The first-order valence-electron chi connectivity index (χ1n) is 8.50. The third-order valence-electron chi connectivity index (χ3n) is 5.77. The quantitative estimate of drug-likeness (QED) is 0.801. The van der Waals surface area contributed by atoms with Crippen molar-refractivity contribution in [2.24, 2.45) is 5.41 Å². The van der Waals surface area contributed by atoms with Crippen molar-refractivity contribution in [3.05, 3.63) is 35.4 Å². The topological polar surface area (TPSA) is 12.0 Å². The first-order chi connectivity index (χ1) is 9.67. The fourth-order valence-electron chi connectivity index (χ4n) is 4.33. The van der Waals surface area contributed by atoms with Crippen molar-refractivity contribution in [2.45, 2.75) is 77.3 Å². The van der Waals surface area contributed by atoms with Gasteiger partial charge in [0, 0.05) is 12.1 Å². The van der Waals surface area contributed by atoms with Gasteiger partial charge in [0.2, 0.25) is 0 Å². The molecule has 0 amide bonds. The summed E-state index contributed by atoms with van der Waals surface area (Å²) in [6, 6.07) is 10.2. The minimum absolute atomic E-state index is 0.484. The zero-order valence-corrected chi connectivity index (χ0v) is 13.1. The average molecular weight is 271 g/mol. The predicted molar refractivity (Wildman–Crippen MR) is 85.9 cm³/mol. The van der Waals surface area contributed by atoms with Crippen LogP contribution >= 0.6 is 0 Å². The molecular weight excluding hydrogens is 242 g/mol. The van der Waals surface area contributed by atoms with E-state index in [9.17, 15) is 0 Å². The Hall–Kier alpha value is -0.820. The van der Waals surface area contributed by atoms with Crippen LogP contribution < -0.4 is 5.32 Å². The molecule has 110 valence electrons. The first-order valence-corrected chi connectivity index (χ1v) is 8.50. The summed E-state index contributed by atoms with van der Waals surface area (Å²) in [6.45, 7) is 4.47. The van der Waals surface area contributed by atoms with E-state index < -0.39 is 0 Å². The lowest BCUT2D eigenvalue weighted by atomic mass is 9.71. The Morgan fingerprint density at radius 3 is 2.20 bits per heavy atom. The van der Waals surface area contributed by atoms with Gasteiger partial charge in [-0.3, -0.25) is 0 Å². The van der Waals surface area contributed by atoms with Gasteiger partial charge in [0.25, 0.3) is 0 Å². The van der Waals surface area contributed by atoms with E-state index in [1.807, 2.05) is 0 Å². The maximum Gasteiger partial charge on any atom is 0.0294 e. The molecule has 0 saturated heterocycles. The summed E-state index contributed by atoms with van der Waals surface area (Å²) in [5, 5.41) is 3.86. The van der Waals surface area contributed by atoms with E-state index in [-0.39, 0.29) is 0 Å². The van der Waals surface area contributed by atoms with Gasteiger partial charge in [-0.2, -0.15) is 0 Å². The lowest BCUT2D eigenvalue weighted by Gasteiger charge is -2.38. The second kappa shape index (κ2) is 5.89. The molecule has 0 heterocycles. The molecule has 20 heavy (non-hydrogen) atoms. The molecule has 0 radical (unpaired) electrons. The number of benzene rings is 1. The van der Waals surface area contributed by atoms with Crippen molar-refractivity contribution in [3.63, 3.8) is 0 Å². The molecule has 2 saturated carbocycles. The minimum atomic E-state index is 0.484. The Morgan fingerprint density at radius 1 is 1.00 bits per heavy atom. The Morgan fingerprint density at radius 2 is 1.60 bits per heavy atom. The summed E-state index contributed by atoms with van der Waals surface area (Å²) in [5.41, 5.74) is 3.53. The van der Waals surface area contributed by atoms with Crippen molar-refractivity contribution in [2.75, 3.05) is 0 Å². The molecule has 1 nitrogen and oxygen atoms in total. The second-order valence-electron chi connectivity index (χ2n) is 7.28. The zero-order chi connectivity index (χ0) is 14.0. The molecule has 0 aromatic heterocycles. The van der Waals surface area contributed by atoms with Crippen molar-refractivity contribution >= 4 is 0 Å². The standard InChI is InChI=1S/C19H29N/c1-15-5-7-17(8-6-15)16(2)20-18-9-13-19(14-10-18)11-3-4-12-19/h5-8,16,18,20H,3-4,9-14H2,1-2H3/t16-/m0/s1. The van der Waals surface area contributed by atoms with E-state index in [0.717, 1.165) is 11.5 Å². The van der Waals surface area contributed by atoms with Gasteiger partial charge in [-0.15, -0.1) is 0 Å². The number of aryl methyl sites for hydroxylation is 1. The Kier molecular flexibility index (Phi) is 4.16. The lowest BCUT2D eigenvalue weighted by molar-refractivity contribution is 0.164. The summed E-state index contributed by atoms with van der Waals surface area (Å²) >= 11 is 0. The van der Waals surface area contributed by atoms with Crippen LogP contribution in [0.25, 0.3) is 0 Å². The van der Waals surface area contributed by atoms with Gasteiger partial charge in [-0.25, -0.2) is 0 Å². The van der Waals surface area contributed by atoms with E-state index in [1.54, 1.807) is 0 Å². The van der Waals surface area contributed by atoms with Crippen LogP contribution in [0.15, 0.2) is 24.3 Å². The van der Waals surface area contributed by atoms with Gasteiger partial charge in [-0.05, 0) is 63.4 Å². The van der Waals surface area contributed by atoms with Gasteiger partial charge >= 0.3 is 0 Å². The minimum Gasteiger partial charge on any atom is -0.307 e. The van der Waals surface area contributed by atoms with Crippen LogP contribution in [0, 0.1) is 12.3 Å². The monoisotopic (exact) mass is 271 g/mol. The van der Waals surface area contributed by atoms with Gasteiger partial charge in [0.05, 0.1) is 0 Å². The molecule has 1 N–H and O–H groups in total. The SMILES string of the molecule is Cc1ccc([C@H](C)NC2CCC3(CCCC3)CC2)cc1. The van der Waals surface area contributed by atoms with E-state index in [4.69, 9.17) is 0 Å². The number of hydrogen-bond acceptors (Lipinski definition) is 1. The van der Waals surface area contributed by atoms with E-state index in [2.05, 4.69) is 43.4 Å². The summed E-state index contributed by atoms with van der Waals surface area (Å²) < 4.78 is 0. The van der Waals surface area contributed by atoms with Crippen molar-refractivity contribution in [3.8, 4) is 0 Å². The molecule has 0 aliphatic heterocycles. The highest BCUT2D eigenvalue weighted by molar-refractivity contribution is 5.23. The molecule has 2 aliphatic rings. The summed E-state index contributed by atoms with van der Waals surface area (Å²) in [6.07, 6.45) is 11.7. The summed E-state index contributed by atoms with van der Waals surface area (Å²) in [5.74, 6) is 0. The largest absolute Gasteiger partial charge is 0.307 e. The van der Waals surface area contributed by atoms with Crippen molar-refractivity contribution in [1.82, 2.24) is 5.32 Å². The second-order valence-corrected chi connectivity index (χ2v) is 7.28. The fraction of sp³-hybridized carbons (Fsp3) is 0.684. The molecule has 2 aliphatic carbocycles. The highest BCUT2D eigenvalue weighted by Gasteiger charge is 2.37. The molecule has 0 unspecified atom stereocenters. The molecule has 1 aromatic carbocycles. The molecular formula is C19H29N. The molecule has 1 spiro atoms. The predicted octanol–water partition coefficient (Wildman–Crippen LogP) is 5.15. The van der Waals surface area contributed by atoms with Crippen LogP contribution in [0.5, 0.6) is 0 Å². The Balaban J connectivity index is 1.52. The van der Waals surface area contributed by atoms with Gasteiger partial charge in [0.15, 0.2) is 0 Å². The summed E-state index contributed by atoms with van der Waals surface area (Å²) in [4.78, 5) is 0. The van der Waals surface area contributed by atoms with Crippen LogP contribution in [-0.4, -0.2) is 6.04 Å². The van der Waals surface area contributed by atoms with Crippen LogP contribution in [0.1, 0.15) is 75.5 Å². The zero-order valence-electron chi connectivity index (χ0n) is 13.1. The maximum absolute atomic E-state index is 3.86. The van der Waals surface area contributed by atoms with Gasteiger partial charge in [0.1, 0.15) is 0 Å². The van der Waals surface area contributed by atoms with Crippen LogP contribution in [0.2, 0.25) is 0 Å². The molecule has 1 atom stereocenters. The number of rotatable bonds is 3. The van der Waals surface area contributed by atoms with E-state index >= 15 is 0 Å². The number of hydrogen-bond donors (Lipinski definition) is 1. The first kappa shape index (κ1) is 14.1. The van der Waals surface area contributed by atoms with Gasteiger partial charge < -0.3 is 5.32 Å². The third-order valence-corrected chi connectivity index (χ3v) is 5.77. The van der Waals surface area contributed by atoms with Crippen molar-refractivity contribution in [1.29, 1.82) is 0 Å². The highest BCUT2D eigenvalue weighted by Crippen LogP contribution is 2.49. The average Bonchev–Trinajstić information content (AvgIpc) is 2.91. The Bertz CT molecular complexity index is 418. The molecule has 3 rings (SSSR count). The van der Waals surface area contributed by atoms with E-state index in [0.29, 0.717) is 6.04 Å². The number of nitrogens with one attached hydrogen (secondary N) is 1. The fourth-order valence-corrected chi connectivity index (χ4v) is 4.33.